The molecule has 3 saturated carbocycles. The first-order valence-electron chi connectivity index (χ1n) is 18.2. The molecule has 0 aromatic heterocycles. The fraction of sp³-hybridized carbons (Fsp3) is 0.512. The number of esters is 3. The van der Waals surface area contributed by atoms with Gasteiger partial charge < -0.3 is 24.1 Å². The lowest BCUT2D eigenvalue weighted by molar-refractivity contribution is -0.184. The number of aliphatic hydroxyl groups excluding tert-OH is 1. The van der Waals surface area contributed by atoms with Crippen LogP contribution in [0, 0.1) is 35.0 Å². The Hall–Kier alpha value is -3.50. The monoisotopic (exact) mass is 748 g/mol. The van der Waals surface area contributed by atoms with Crippen molar-refractivity contribution in [2.75, 3.05) is 6.61 Å². The van der Waals surface area contributed by atoms with Gasteiger partial charge in [-0.25, -0.2) is 14.4 Å². The predicted octanol–water partition coefficient (Wildman–Crippen LogP) is 7.11. The van der Waals surface area contributed by atoms with Crippen molar-refractivity contribution in [3.63, 3.8) is 0 Å². The normalized spacial score (nSPS) is 37.9. The Morgan fingerprint density at radius 3 is 2.27 bits per heavy atom. The third kappa shape index (κ3) is 5.32. The molecule has 1 saturated heterocycles. The Morgan fingerprint density at radius 1 is 0.962 bits per heavy atom. The number of cyclic esters (lactones) is 1. The lowest BCUT2D eigenvalue weighted by Crippen LogP contribution is -2.71. The number of carbonyl (C=O) groups is 4. The molecule has 11 unspecified atom stereocenters. The van der Waals surface area contributed by atoms with Crippen LogP contribution in [0.5, 0.6) is 0 Å². The third-order valence-electron chi connectivity index (χ3n) is 13.6. The van der Waals surface area contributed by atoms with Crippen molar-refractivity contribution in [1.82, 2.24) is 0 Å². The summed E-state index contributed by atoms with van der Waals surface area (Å²) in [5.74, 6) is -1.81. The average molecular weight is 750 g/mol. The molecule has 0 amide bonds. The first-order valence-corrected chi connectivity index (χ1v) is 19.0. The van der Waals surface area contributed by atoms with E-state index in [1.165, 1.54) is 12.2 Å². The van der Waals surface area contributed by atoms with Gasteiger partial charge in [0, 0.05) is 22.4 Å². The summed E-state index contributed by atoms with van der Waals surface area (Å²) in [5, 5.41) is 12.3. The van der Waals surface area contributed by atoms with E-state index in [1.54, 1.807) is 48.5 Å². The summed E-state index contributed by atoms with van der Waals surface area (Å²) in [6.45, 7) is 6.22. The first-order chi connectivity index (χ1) is 24.8. The maximum Gasteiger partial charge on any atom is 0.339 e. The second-order valence-electron chi connectivity index (χ2n) is 15.9. The van der Waals surface area contributed by atoms with Crippen molar-refractivity contribution in [1.29, 1.82) is 0 Å². The van der Waals surface area contributed by atoms with E-state index in [1.807, 2.05) is 6.92 Å². The third-order valence-corrected chi connectivity index (χ3v) is 14.1. The molecule has 1 N–H and O–H groups in total. The van der Waals surface area contributed by atoms with Gasteiger partial charge in [-0.1, -0.05) is 42.6 Å². The van der Waals surface area contributed by atoms with Crippen LogP contribution < -0.4 is 0 Å². The molecule has 11 heteroatoms. The minimum Gasteiger partial charge on any atom is -0.458 e. The van der Waals surface area contributed by atoms with Crippen LogP contribution in [0.2, 0.25) is 10.0 Å². The largest absolute Gasteiger partial charge is 0.458 e. The number of ether oxygens (including phenoxy) is 4. The number of rotatable bonds is 7. The van der Waals surface area contributed by atoms with Crippen molar-refractivity contribution >= 4 is 46.9 Å². The van der Waals surface area contributed by atoms with E-state index < -0.39 is 41.3 Å². The summed E-state index contributed by atoms with van der Waals surface area (Å²) in [6, 6.07) is 12.7. The zero-order valence-corrected chi connectivity index (χ0v) is 30.8. The SMILES string of the molecule is CC1=C(COC(=O)c2ccc(Cl)cc2)C(=O)OC(C(C)C2CCC3C4CC5OC56C(O)C=CC(=O)C6(OC(=O)c5ccc(Cl)cc5)C4CCC23C)C1. The van der Waals surface area contributed by atoms with E-state index in [0.717, 1.165) is 24.8 Å². The van der Waals surface area contributed by atoms with Gasteiger partial charge in [0.1, 0.15) is 18.8 Å². The van der Waals surface area contributed by atoms with Crippen LogP contribution in [0.25, 0.3) is 0 Å². The van der Waals surface area contributed by atoms with Crippen LogP contribution in [-0.4, -0.2) is 64.9 Å². The van der Waals surface area contributed by atoms with E-state index in [0.29, 0.717) is 40.4 Å². The van der Waals surface area contributed by atoms with Crippen LogP contribution in [0.1, 0.15) is 80.0 Å². The molecular weight excluding hydrogens is 707 g/mol. The highest BCUT2D eigenvalue weighted by Crippen LogP contribution is 2.71. The van der Waals surface area contributed by atoms with Crippen LogP contribution in [0.4, 0.5) is 0 Å². The van der Waals surface area contributed by atoms with Crippen LogP contribution in [-0.2, 0) is 28.5 Å². The summed E-state index contributed by atoms with van der Waals surface area (Å²) in [5.41, 5.74) is -1.24. The molecule has 2 aliphatic heterocycles. The Balaban J connectivity index is 1.01. The number of hydrogen-bond donors (Lipinski definition) is 1. The standard InChI is InChI=1S/C41H42Cl2O9/c1-21-18-32(50-38(48)28(21)20-49-36(46)23-4-8-25(42)9-5-23)22(2)29-12-13-30-27-19-35-41(51-35)34(45)15-14-33(44)40(41,31(27)16-17-39(29,30)3)52-37(47)24-6-10-26(43)11-7-24/h4-11,14-15,22,27,29-32,34-35,45H,12-13,16-20H2,1-3H3. The molecule has 6 aliphatic rings. The summed E-state index contributed by atoms with van der Waals surface area (Å²) < 4.78 is 24.3. The molecule has 4 aliphatic carbocycles. The van der Waals surface area contributed by atoms with Crippen molar-refractivity contribution in [2.45, 2.75) is 88.8 Å². The van der Waals surface area contributed by atoms with Crippen molar-refractivity contribution in [3.8, 4) is 0 Å². The zero-order valence-electron chi connectivity index (χ0n) is 29.3. The Labute approximate surface area is 312 Å². The van der Waals surface area contributed by atoms with Gasteiger partial charge in [0.2, 0.25) is 11.4 Å². The molecule has 9 nitrogen and oxygen atoms in total. The number of ketones is 1. The molecule has 2 aromatic rings. The van der Waals surface area contributed by atoms with Gasteiger partial charge in [-0.3, -0.25) is 4.79 Å². The van der Waals surface area contributed by atoms with E-state index in [4.69, 9.17) is 42.1 Å². The van der Waals surface area contributed by atoms with E-state index in [2.05, 4.69) is 13.8 Å². The predicted molar refractivity (Wildman–Crippen MR) is 191 cm³/mol. The maximum absolute atomic E-state index is 14.1. The number of hydrogen-bond acceptors (Lipinski definition) is 9. The number of benzene rings is 2. The highest BCUT2D eigenvalue weighted by Gasteiger charge is 2.84. The molecule has 2 heterocycles. The molecule has 1 spiro atoms. The average Bonchev–Trinajstić information content (AvgIpc) is 3.75. The molecule has 2 aromatic carbocycles. The van der Waals surface area contributed by atoms with Crippen molar-refractivity contribution in [3.05, 3.63) is 93.0 Å². The van der Waals surface area contributed by atoms with Crippen molar-refractivity contribution < 1.29 is 43.2 Å². The Bertz CT molecular complexity index is 1890. The highest BCUT2D eigenvalue weighted by molar-refractivity contribution is 6.31. The quantitative estimate of drug-likeness (QED) is 0.179. The highest BCUT2D eigenvalue weighted by atomic mass is 35.5. The first kappa shape index (κ1) is 35.5. The van der Waals surface area contributed by atoms with Gasteiger partial charge in [-0.05, 0) is 129 Å². The molecule has 8 rings (SSSR count). The summed E-state index contributed by atoms with van der Waals surface area (Å²) in [6.07, 6.45) is 5.45. The number of carbonyl (C=O) groups excluding carboxylic acids is 4. The van der Waals surface area contributed by atoms with Crippen LogP contribution in [0.15, 0.2) is 71.8 Å². The van der Waals surface area contributed by atoms with Gasteiger partial charge in [-0.2, -0.15) is 0 Å². The topological polar surface area (TPSA) is 129 Å². The van der Waals surface area contributed by atoms with Crippen molar-refractivity contribution in [2.24, 2.45) is 35.0 Å². The second kappa shape index (κ2) is 12.8. The van der Waals surface area contributed by atoms with Gasteiger partial charge in [0.25, 0.3) is 0 Å². The smallest absolute Gasteiger partial charge is 0.339 e. The Kier molecular flexibility index (Phi) is 8.76. The second-order valence-corrected chi connectivity index (χ2v) is 16.8. The lowest BCUT2D eigenvalue weighted by Gasteiger charge is -2.58. The molecule has 274 valence electrons. The Morgan fingerprint density at radius 2 is 1.62 bits per heavy atom. The van der Waals surface area contributed by atoms with Gasteiger partial charge >= 0.3 is 17.9 Å². The van der Waals surface area contributed by atoms with E-state index >= 15 is 0 Å². The van der Waals surface area contributed by atoms with E-state index in [-0.39, 0.29) is 59.1 Å². The van der Waals surface area contributed by atoms with Gasteiger partial charge in [-0.15, -0.1) is 0 Å². The number of epoxide rings is 1. The van der Waals surface area contributed by atoms with Gasteiger partial charge in [0.15, 0.2) is 5.60 Å². The minimum absolute atomic E-state index is 0.0229. The lowest BCUT2D eigenvalue weighted by atomic mass is 9.47. The fourth-order valence-electron chi connectivity index (χ4n) is 11.0. The molecule has 4 fully saturated rings. The molecule has 0 radical (unpaired) electrons. The molecule has 11 atom stereocenters. The summed E-state index contributed by atoms with van der Waals surface area (Å²) in [4.78, 5) is 53.8. The number of halogens is 2. The fourth-order valence-corrected chi connectivity index (χ4v) is 11.3. The molecule has 52 heavy (non-hydrogen) atoms. The number of fused-ring (bicyclic) bond motifs is 4. The maximum atomic E-state index is 14.1. The summed E-state index contributed by atoms with van der Waals surface area (Å²) >= 11 is 12.0. The zero-order chi connectivity index (χ0) is 36.7. The van der Waals surface area contributed by atoms with Gasteiger partial charge in [0.05, 0.1) is 22.8 Å². The minimum atomic E-state index is -1.65. The summed E-state index contributed by atoms with van der Waals surface area (Å²) in [7, 11) is 0. The van der Waals surface area contributed by atoms with E-state index in [9.17, 15) is 24.3 Å². The molecule has 0 bridgehead atoms. The van der Waals surface area contributed by atoms with Crippen LogP contribution >= 0.6 is 23.2 Å². The number of aliphatic hydroxyl groups is 1. The molecular formula is C41H42Cl2O9. The van der Waals surface area contributed by atoms with Crippen LogP contribution in [0.3, 0.4) is 0 Å².